The predicted octanol–water partition coefficient (Wildman–Crippen LogP) is 3.95. The molecule has 0 fully saturated rings. The van der Waals surface area contributed by atoms with Crippen LogP contribution < -0.4 is 10.1 Å². The molecule has 2 aromatic carbocycles. The van der Waals surface area contributed by atoms with Crippen molar-refractivity contribution in [2.75, 3.05) is 13.7 Å². The minimum Gasteiger partial charge on any atom is -0.504 e. The first-order valence-corrected chi connectivity index (χ1v) is 7.46. The Bertz CT molecular complexity index is 652. The first-order chi connectivity index (χ1) is 10.5. The SMILES string of the molecule is COc1ccc(CNCC(O)c2ccc(Cl)c(Cl)c2)cc1O.Cl. The van der Waals surface area contributed by atoms with Crippen LogP contribution in [0.25, 0.3) is 0 Å². The molecule has 23 heavy (non-hydrogen) atoms. The summed E-state index contributed by atoms with van der Waals surface area (Å²) in [6.07, 6.45) is -0.693. The van der Waals surface area contributed by atoms with E-state index < -0.39 is 6.10 Å². The fourth-order valence-electron chi connectivity index (χ4n) is 2.04. The standard InChI is InChI=1S/C16H17Cl2NO3.ClH/c1-22-16-5-2-10(6-14(16)20)8-19-9-15(21)11-3-4-12(17)13(18)7-11;/h2-7,15,19-21H,8-9H2,1H3;1H. The third-order valence-electron chi connectivity index (χ3n) is 3.24. The number of methoxy groups -OCH3 is 1. The molecule has 0 aromatic heterocycles. The van der Waals surface area contributed by atoms with Gasteiger partial charge in [0.25, 0.3) is 0 Å². The average molecular weight is 379 g/mol. The number of aliphatic hydroxyl groups is 1. The van der Waals surface area contributed by atoms with E-state index in [0.29, 0.717) is 34.4 Å². The van der Waals surface area contributed by atoms with Crippen molar-refractivity contribution in [3.8, 4) is 11.5 Å². The van der Waals surface area contributed by atoms with E-state index >= 15 is 0 Å². The van der Waals surface area contributed by atoms with Crippen LogP contribution in [0, 0.1) is 0 Å². The highest BCUT2D eigenvalue weighted by Crippen LogP contribution is 2.27. The molecule has 2 aromatic rings. The highest BCUT2D eigenvalue weighted by Gasteiger charge is 2.09. The van der Waals surface area contributed by atoms with Crippen LogP contribution >= 0.6 is 35.6 Å². The summed E-state index contributed by atoms with van der Waals surface area (Å²) in [5.74, 6) is 0.520. The quantitative estimate of drug-likeness (QED) is 0.712. The first kappa shape index (κ1) is 19.9. The number of phenolic OH excluding ortho intramolecular Hbond substituents is 1. The number of nitrogens with one attached hydrogen (secondary N) is 1. The molecule has 0 bridgehead atoms. The van der Waals surface area contributed by atoms with Gasteiger partial charge in [0.15, 0.2) is 11.5 Å². The van der Waals surface area contributed by atoms with E-state index in [9.17, 15) is 10.2 Å². The fraction of sp³-hybridized carbons (Fsp3) is 0.250. The number of aromatic hydroxyl groups is 1. The summed E-state index contributed by atoms with van der Waals surface area (Å²) < 4.78 is 4.99. The van der Waals surface area contributed by atoms with Crippen LogP contribution in [0.15, 0.2) is 36.4 Å². The molecule has 3 N–H and O–H groups in total. The third kappa shape index (κ3) is 5.44. The van der Waals surface area contributed by atoms with Gasteiger partial charge in [0.1, 0.15) is 0 Å². The smallest absolute Gasteiger partial charge is 0.160 e. The number of halogens is 3. The van der Waals surface area contributed by atoms with Crippen molar-refractivity contribution in [1.29, 1.82) is 0 Å². The van der Waals surface area contributed by atoms with Crippen LogP contribution in [0.5, 0.6) is 11.5 Å². The van der Waals surface area contributed by atoms with Crippen molar-refractivity contribution in [2.45, 2.75) is 12.6 Å². The van der Waals surface area contributed by atoms with E-state index in [-0.39, 0.29) is 18.2 Å². The lowest BCUT2D eigenvalue weighted by atomic mass is 10.1. The molecule has 0 aliphatic carbocycles. The number of hydrogen-bond acceptors (Lipinski definition) is 4. The number of rotatable bonds is 6. The number of phenols is 1. The monoisotopic (exact) mass is 377 g/mol. The molecule has 0 aliphatic rings. The highest BCUT2D eigenvalue weighted by atomic mass is 35.5. The Hall–Kier alpha value is -1.17. The second-order valence-electron chi connectivity index (χ2n) is 4.83. The van der Waals surface area contributed by atoms with Crippen molar-refractivity contribution in [1.82, 2.24) is 5.32 Å². The minimum atomic E-state index is -0.693. The minimum absolute atomic E-state index is 0. The van der Waals surface area contributed by atoms with Gasteiger partial charge < -0.3 is 20.3 Å². The number of benzene rings is 2. The summed E-state index contributed by atoms with van der Waals surface area (Å²) in [4.78, 5) is 0. The largest absolute Gasteiger partial charge is 0.504 e. The van der Waals surface area contributed by atoms with Crippen LogP contribution in [-0.2, 0) is 6.54 Å². The molecule has 126 valence electrons. The zero-order valence-corrected chi connectivity index (χ0v) is 14.8. The average Bonchev–Trinajstić information content (AvgIpc) is 2.50. The van der Waals surface area contributed by atoms with Gasteiger partial charge in [-0.3, -0.25) is 0 Å². The number of hydrogen-bond donors (Lipinski definition) is 3. The molecule has 1 atom stereocenters. The molecule has 0 aliphatic heterocycles. The van der Waals surface area contributed by atoms with Gasteiger partial charge in [0.05, 0.1) is 23.3 Å². The summed E-state index contributed by atoms with van der Waals surface area (Å²) >= 11 is 11.8. The molecule has 0 spiro atoms. The zero-order valence-electron chi connectivity index (χ0n) is 12.4. The third-order valence-corrected chi connectivity index (χ3v) is 3.98. The van der Waals surface area contributed by atoms with Crippen LogP contribution in [0.3, 0.4) is 0 Å². The molecule has 0 saturated heterocycles. The van der Waals surface area contributed by atoms with Gasteiger partial charge in [-0.1, -0.05) is 35.3 Å². The molecule has 4 nitrogen and oxygen atoms in total. The van der Waals surface area contributed by atoms with Gasteiger partial charge in [0, 0.05) is 13.1 Å². The number of ether oxygens (including phenoxy) is 1. The lowest BCUT2D eigenvalue weighted by Crippen LogP contribution is -2.21. The van der Waals surface area contributed by atoms with Crippen LogP contribution in [0.4, 0.5) is 0 Å². The van der Waals surface area contributed by atoms with Crippen LogP contribution in [0.1, 0.15) is 17.2 Å². The van der Waals surface area contributed by atoms with E-state index in [1.807, 2.05) is 6.07 Å². The molecule has 0 amide bonds. The summed E-state index contributed by atoms with van der Waals surface area (Å²) in [6, 6.07) is 10.2. The fourth-order valence-corrected chi connectivity index (χ4v) is 2.34. The number of aliphatic hydroxyl groups excluding tert-OH is 1. The van der Waals surface area contributed by atoms with Gasteiger partial charge in [-0.2, -0.15) is 0 Å². The highest BCUT2D eigenvalue weighted by molar-refractivity contribution is 6.42. The Labute approximate surface area is 151 Å². The first-order valence-electron chi connectivity index (χ1n) is 6.71. The molecule has 0 heterocycles. The molecular weight excluding hydrogens is 361 g/mol. The van der Waals surface area contributed by atoms with Gasteiger partial charge in [-0.05, 0) is 35.4 Å². The Morgan fingerprint density at radius 1 is 1.13 bits per heavy atom. The van der Waals surface area contributed by atoms with E-state index in [4.69, 9.17) is 27.9 Å². The zero-order chi connectivity index (χ0) is 16.1. The molecule has 7 heteroatoms. The second-order valence-corrected chi connectivity index (χ2v) is 5.64. The van der Waals surface area contributed by atoms with E-state index in [2.05, 4.69) is 5.32 Å². The predicted molar refractivity (Wildman–Crippen MR) is 95.0 cm³/mol. The molecule has 0 saturated carbocycles. The second kappa shape index (κ2) is 9.21. The van der Waals surface area contributed by atoms with E-state index in [1.165, 1.54) is 7.11 Å². The summed E-state index contributed by atoms with van der Waals surface area (Å²) in [7, 11) is 1.50. The van der Waals surface area contributed by atoms with Crippen molar-refractivity contribution < 1.29 is 14.9 Å². The molecule has 1 unspecified atom stereocenters. The summed E-state index contributed by atoms with van der Waals surface area (Å²) in [5, 5.41) is 23.8. The molecule has 2 rings (SSSR count). The Balaban J connectivity index is 0.00000264. The maximum absolute atomic E-state index is 10.1. The Morgan fingerprint density at radius 2 is 1.87 bits per heavy atom. The van der Waals surface area contributed by atoms with Crippen LogP contribution in [-0.4, -0.2) is 23.9 Å². The Kier molecular flexibility index (Phi) is 7.95. The Morgan fingerprint density at radius 3 is 2.48 bits per heavy atom. The maximum Gasteiger partial charge on any atom is 0.160 e. The van der Waals surface area contributed by atoms with E-state index in [1.54, 1.807) is 30.3 Å². The summed E-state index contributed by atoms with van der Waals surface area (Å²) in [5.41, 5.74) is 1.58. The lowest BCUT2D eigenvalue weighted by molar-refractivity contribution is 0.174. The summed E-state index contributed by atoms with van der Waals surface area (Å²) in [6.45, 7) is 0.862. The van der Waals surface area contributed by atoms with Gasteiger partial charge in [0.2, 0.25) is 0 Å². The van der Waals surface area contributed by atoms with Crippen molar-refractivity contribution in [3.05, 3.63) is 57.6 Å². The normalized spacial score (nSPS) is 11.7. The van der Waals surface area contributed by atoms with Crippen molar-refractivity contribution in [2.24, 2.45) is 0 Å². The van der Waals surface area contributed by atoms with Gasteiger partial charge in [-0.25, -0.2) is 0 Å². The van der Waals surface area contributed by atoms with Crippen molar-refractivity contribution in [3.63, 3.8) is 0 Å². The van der Waals surface area contributed by atoms with Gasteiger partial charge in [-0.15, -0.1) is 12.4 Å². The van der Waals surface area contributed by atoms with Gasteiger partial charge >= 0.3 is 0 Å². The van der Waals surface area contributed by atoms with Crippen molar-refractivity contribution >= 4 is 35.6 Å². The topological polar surface area (TPSA) is 61.7 Å². The molecule has 0 radical (unpaired) electrons. The van der Waals surface area contributed by atoms with Crippen LogP contribution in [0.2, 0.25) is 10.0 Å². The maximum atomic E-state index is 10.1. The van der Waals surface area contributed by atoms with E-state index in [0.717, 1.165) is 5.56 Å². The molecular formula is C16H18Cl3NO3. The lowest BCUT2D eigenvalue weighted by Gasteiger charge is -2.13.